The van der Waals surface area contributed by atoms with Gasteiger partial charge in [0.15, 0.2) is 30.7 Å². The molecule has 0 saturated carbocycles. The number of amides is 2. The summed E-state index contributed by atoms with van der Waals surface area (Å²) in [7, 11) is 0. The summed E-state index contributed by atoms with van der Waals surface area (Å²) in [5.41, 5.74) is 2.80. The number of hydrogen-bond donors (Lipinski definition) is 2. The summed E-state index contributed by atoms with van der Waals surface area (Å²) in [6, 6.07) is 19.4. The molecule has 0 spiro atoms. The zero-order valence-electron chi connectivity index (χ0n) is 34.2. The fourth-order valence-electron chi connectivity index (χ4n) is 6.99. The second-order valence-corrected chi connectivity index (χ2v) is 16.6. The first kappa shape index (κ1) is 47.8. The molecule has 64 heavy (non-hydrogen) atoms. The minimum absolute atomic E-state index is 0.00192. The number of carbonyl (C=O) groups excluding carboxylic acids is 7. The minimum atomic E-state index is -2.48. The molecule has 3 aliphatic rings. The topological polar surface area (TPSA) is 242 Å². The second kappa shape index (κ2) is 20.4. The fourth-order valence-corrected chi connectivity index (χ4v) is 7.13. The zero-order valence-corrected chi connectivity index (χ0v) is 36.4. The van der Waals surface area contributed by atoms with E-state index >= 15 is 0 Å². The number of hydrogen-bond acceptors (Lipinski definition) is 18. The van der Waals surface area contributed by atoms with Gasteiger partial charge in [-0.1, -0.05) is 83.3 Å². The average Bonchev–Trinajstić information content (AvgIpc) is 3.48. The first-order valence-electron chi connectivity index (χ1n) is 19.4. The van der Waals surface area contributed by atoms with E-state index in [0.29, 0.717) is 5.01 Å². The van der Waals surface area contributed by atoms with Gasteiger partial charge in [-0.25, -0.2) is 20.0 Å². The van der Waals surface area contributed by atoms with Gasteiger partial charge in [0.1, 0.15) is 24.9 Å². The molecule has 3 aromatic rings. The standard InChI is InChI=1S/C42H40Cl3N3O16/c1-20-30(61-37(54)24-13-7-5-8-14-24)33(34(40(57-20)64-41(46)42(43,44)45)62-38(55)25-15-9-6-10-16-25)63-39-29(47-48-35(52)26-17-11-12-18-27(26)36(48)53)32(59-23(4)51)31(58-22(3)50)28(60-39)19-56-21(2)49/h5-18,20,28-34,39-40,46-47H,19H2,1-4H3/t20-,28+,29+,30-,31+,32+,33+,34+,39-,40-/m0/s1. The molecule has 3 aliphatic heterocycles. The highest BCUT2D eigenvalue weighted by Gasteiger charge is 2.58. The van der Waals surface area contributed by atoms with Crippen LogP contribution in [0.3, 0.4) is 0 Å². The molecular formula is C42H40Cl3N3O16. The van der Waals surface area contributed by atoms with Crippen LogP contribution in [0.4, 0.5) is 0 Å². The number of halogens is 3. The number of imide groups is 1. The molecule has 3 heterocycles. The van der Waals surface area contributed by atoms with Gasteiger partial charge in [0.25, 0.3) is 15.6 Å². The van der Waals surface area contributed by atoms with E-state index in [1.807, 2.05) is 0 Å². The molecule has 10 atom stereocenters. The monoisotopic (exact) mass is 947 g/mol. The van der Waals surface area contributed by atoms with E-state index in [9.17, 15) is 33.6 Å². The van der Waals surface area contributed by atoms with Crippen LogP contribution in [0.25, 0.3) is 0 Å². The second-order valence-electron chi connectivity index (χ2n) is 14.4. The lowest BCUT2D eigenvalue weighted by atomic mass is 9.95. The van der Waals surface area contributed by atoms with Crippen molar-refractivity contribution in [2.45, 2.75) is 92.8 Å². The van der Waals surface area contributed by atoms with Gasteiger partial charge in [0.2, 0.25) is 12.2 Å². The van der Waals surface area contributed by atoms with Crippen LogP contribution in [0, 0.1) is 5.41 Å². The maximum absolute atomic E-state index is 13.9. The normalized spacial score (nSPS) is 26.5. The third-order valence-electron chi connectivity index (χ3n) is 9.79. The first-order chi connectivity index (χ1) is 30.3. The molecule has 2 N–H and O–H groups in total. The van der Waals surface area contributed by atoms with Crippen molar-refractivity contribution < 1.29 is 76.2 Å². The number of ether oxygens (including phenoxy) is 9. The third-order valence-corrected chi connectivity index (χ3v) is 10.3. The first-order valence-corrected chi connectivity index (χ1v) is 20.5. The Morgan fingerprint density at radius 1 is 0.641 bits per heavy atom. The molecular weight excluding hydrogens is 909 g/mol. The zero-order chi connectivity index (χ0) is 46.5. The van der Waals surface area contributed by atoms with E-state index in [4.69, 9.17) is 82.8 Å². The number of fused-ring (bicyclic) bond motifs is 1. The molecule has 2 saturated heterocycles. The van der Waals surface area contributed by atoms with Crippen LogP contribution in [-0.4, -0.2) is 124 Å². The van der Waals surface area contributed by atoms with Gasteiger partial charge in [-0.05, 0) is 43.3 Å². The van der Waals surface area contributed by atoms with Gasteiger partial charge in [-0.2, -0.15) is 0 Å². The Morgan fingerprint density at radius 3 is 1.64 bits per heavy atom. The minimum Gasteiger partial charge on any atom is -0.463 e. The summed E-state index contributed by atoms with van der Waals surface area (Å²) in [6.07, 6.45) is -15.3. The van der Waals surface area contributed by atoms with Crippen LogP contribution < -0.4 is 5.43 Å². The number of carbonyl (C=O) groups is 7. The van der Waals surface area contributed by atoms with Crippen molar-refractivity contribution >= 4 is 82.4 Å². The van der Waals surface area contributed by atoms with Crippen molar-refractivity contribution in [3.8, 4) is 0 Å². The Bertz CT molecular complexity index is 2230. The maximum Gasteiger partial charge on any atom is 0.338 e. The SMILES string of the molecule is CC(=O)OC[C@H]1O[C@@H](O[C@@H]2[C@@H](OC(=O)c3ccccc3)[C@H](C)O[C@@H](OC(=N)C(Cl)(Cl)Cl)[C@@H]2OC(=O)c2ccccc2)[C@H](NN2C(=O)c3ccccc3C2=O)[C@@H](OC(C)=O)[C@@H]1OC(C)=O. The van der Waals surface area contributed by atoms with Crippen molar-refractivity contribution in [2.75, 3.05) is 6.61 Å². The molecule has 3 aromatic carbocycles. The number of hydrazine groups is 1. The van der Waals surface area contributed by atoms with Crippen molar-refractivity contribution in [3.05, 3.63) is 107 Å². The number of alkyl halides is 3. The van der Waals surface area contributed by atoms with Crippen LogP contribution in [0.15, 0.2) is 84.9 Å². The Hall–Kier alpha value is -5.67. The lowest BCUT2D eigenvalue weighted by Crippen LogP contribution is -2.70. The summed E-state index contributed by atoms with van der Waals surface area (Å²) in [4.78, 5) is 92.9. The van der Waals surface area contributed by atoms with Crippen molar-refractivity contribution in [1.29, 1.82) is 5.41 Å². The highest BCUT2D eigenvalue weighted by molar-refractivity contribution is 6.76. The van der Waals surface area contributed by atoms with Gasteiger partial charge < -0.3 is 42.6 Å². The number of nitrogens with zero attached hydrogens (tertiary/aromatic N) is 1. The maximum atomic E-state index is 13.9. The summed E-state index contributed by atoms with van der Waals surface area (Å²) in [5.74, 6) is -7.28. The smallest absolute Gasteiger partial charge is 0.338 e. The Morgan fingerprint density at radius 2 is 1.14 bits per heavy atom. The lowest BCUT2D eigenvalue weighted by Gasteiger charge is -2.49. The van der Waals surface area contributed by atoms with E-state index in [1.165, 1.54) is 55.5 Å². The van der Waals surface area contributed by atoms with Crippen LogP contribution in [0.1, 0.15) is 69.1 Å². The number of benzene rings is 3. The molecule has 0 bridgehead atoms. The molecule has 0 aliphatic carbocycles. The van der Waals surface area contributed by atoms with Crippen LogP contribution >= 0.6 is 34.8 Å². The third kappa shape index (κ3) is 11.2. The Kier molecular flexibility index (Phi) is 15.3. The highest BCUT2D eigenvalue weighted by atomic mass is 35.6. The van der Waals surface area contributed by atoms with Gasteiger partial charge in [0.05, 0.1) is 28.4 Å². The van der Waals surface area contributed by atoms with Crippen LogP contribution in [0.2, 0.25) is 0 Å². The average molecular weight is 949 g/mol. The van der Waals surface area contributed by atoms with Crippen molar-refractivity contribution in [2.24, 2.45) is 0 Å². The van der Waals surface area contributed by atoms with Crippen molar-refractivity contribution in [3.63, 3.8) is 0 Å². The molecule has 19 nitrogen and oxygen atoms in total. The lowest BCUT2D eigenvalue weighted by molar-refractivity contribution is -0.337. The van der Waals surface area contributed by atoms with Crippen molar-refractivity contribution in [1.82, 2.24) is 10.4 Å². The highest BCUT2D eigenvalue weighted by Crippen LogP contribution is 2.37. The van der Waals surface area contributed by atoms with Gasteiger partial charge in [-0.3, -0.25) is 29.4 Å². The van der Waals surface area contributed by atoms with E-state index in [2.05, 4.69) is 5.43 Å². The molecule has 2 amide bonds. The summed E-state index contributed by atoms with van der Waals surface area (Å²) in [6.45, 7) is 3.92. The number of esters is 5. The quantitative estimate of drug-likeness (QED) is 0.0608. The van der Waals surface area contributed by atoms with E-state index in [1.54, 1.807) is 36.4 Å². The number of rotatable bonds is 13. The predicted molar refractivity (Wildman–Crippen MR) is 220 cm³/mol. The van der Waals surface area contributed by atoms with Gasteiger partial charge in [-0.15, -0.1) is 0 Å². The Balaban J connectivity index is 1.51. The molecule has 22 heteroatoms. The van der Waals surface area contributed by atoms with E-state index < -0.39 is 119 Å². The summed E-state index contributed by atoms with van der Waals surface area (Å²) >= 11 is 18.0. The summed E-state index contributed by atoms with van der Waals surface area (Å²) in [5, 5.41) is 9.00. The summed E-state index contributed by atoms with van der Waals surface area (Å²) < 4.78 is 50.9. The predicted octanol–water partition coefficient (Wildman–Crippen LogP) is 4.25. The van der Waals surface area contributed by atoms with Crippen LogP contribution in [0.5, 0.6) is 0 Å². The van der Waals surface area contributed by atoms with Gasteiger partial charge in [0, 0.05) is 20.8 Å². The largest absolute Gasteiger partial charge is 0.463 e. The van der Waals surface area contributed by atoms with E-state index in [-0.39, 0.29) is 22.3 Å². The molecule has 2 fully saturated rings. The van der Waals surface area contributed by atoms with Gasteiger partial charge >= 0.3 is 29.8 Å². The molecule has 6 rings (SSSR count). The van der Waals surface area contributed by atoms with E-state index in [0.717, 1.165) is 20.8 Å². The molecule has 340 valence electrons. The van der Waals surface area contributed by atoms with Crippen LogP contribution in [-0.2, 0) is 57.0 Å². The Labute approximate surface area is 379 Å². The molecule has 0 unspecified atom stereocenters. The molecule has 0 radical (unpaired) electrons. The fraction of sp³-hybridized carbons (Fsp3) is 0.381. The number of nitrogens with one attached hydrogen (secondary N) is 2. The molecule has 0 aromatic heterocycles.